The Morgan fingerprint density at radius 3 is 2.43 bits per heavy atom. The van der Waals surface area contributed by atoms with Crippen molar-refractivity contribution < 1.29 is 4.42 Å². The summed E-state index contributed by atoms with van der Waals surface area (Å²) in [5.41, 5.74) is 12.5. The predicted molar refractivity (Wildman–Crippen MR) is 224 cm³/mol. The van der Waals surface area contributed by atoms with Crippen LogP contribution < -0.4 is 4.90 Å². The van der Waals surface area contributed by atoms with Gasteiger partial charge in [-0.3, -0.25) is 0 Å². The molecule has 0 amide bonds. The Bertz CT molecular complexity index is 2690. The maximum absolute atomic E-state index is 6.39. The minimum absolute atomic E-state index is 0.116. The number of hydrogen-bond donors (Lipinski definition) is 0. The molecular formula is C50H45NOS. The van der Waals surface area contributed by atoms with Crippen molar-refractivity contribution in [3.8, 4) is 11.1 Å². The molecule has 5 unspecified atom stereocenters. The van der Waals surface area contributed by atoms with Gasteiger partial charge in [-0.25, -0.2) is 0 Å². The summed E-state index contributed by atoms with van der Waals surface area (Å²) in [6.07, 6.45) is 22.2. The summed E-state index contributed by atoms with van der Waals surface area (Å²) in [6.45, 7) is 12.2. The second kappa shape index (κ2) is 11.1. The fourth-order valence-corrected chi connectivity index (χ4v) is 12.5. The number of rotatable bonds is 4. The van der Waals surface area contributed by atoms with Crippen LogP contribution in [-0.4, -0.2) is 0 Å². The summed E-state index contributed by atoms with van der Waals surface area (Å²) in [5, 5.41) is 3.87. The van der Waals surface area contributed by atoms with Gasteiger partial charge < -0.3 is 9.32 Å². The second-order valence-corrected chi connectivity index (χ2v) is 18.3. The highest BCUT2D eigenvalue weighted by molar-refractivity contribution is 7.19. The molecule has 0 bridgehead atoms. The molecule has 5 atom stereocenters. The third-order valence-corrected chi connectivity index (χ3v) is 15.1. The van der Waals surface area contributed by atoms with Gasteiger partial charge in [0.25, 0.3) is 0 Å². The van der Waals surface area contributed by atoms with Crippen LogP contribution in [0.2, 0.25) is 0 Å². The average Bonchev–Trinajstić information content (AvgIpc) is 3.87. The molecule has 1 saturated carbocycles. The Morgan fingerprint density at radius 2 is 1.57 bits per heavy atom. The molecule has 6 aromatic rings. The van der Waals surface area contributed by atoms with Crippen LogP contribution in [0.5, 0.6) is 0 Å². The number of nitrogens with zero attached hydrogens (tertiary/aromatic N) is 1. The number of furan rings is 1. The van der Waals surface area contributed by atoms with Gasteiger partial charge >= 0.3 is 0 Å². The molecule has 4 aromatic carbocycles. The van der Waals surface area contributed by atoms with Crippen LogP contribution >= 0.6 is 11.3 Å². The van der Waals surface area contributed by atoms with Gasteiger partial charge in [0, 0.05) is 48.8 Å². The molecule has 53 heavy (non-hydrogen) atoms. The van der Waals surface area contributed by atoms with Gasteiger partial charge in [0.15, 0.2) is 0 Å². The number of para-hydroxylation sites is 1. The first-order chi connectivity index (χ1) is 25.7. The lowest BCUT2D eigenvalue weighted by molar-refractivity contribution is 0.240. The third-order valence-electron chi connectivity index (χ3n) is 13.8. The van der Waals surface area contributed by atoms with Crippen molar-refractivity contribution in [3.63, 3.8) is 0 Å². The zero-order chi connectivity index (χ0) is 35.8. The molecule has 11 rings (SSSR count). The fourth-order valence-electron chi connectivity index (χ4n) is 11.1. The normalized spacial score (nSPS) is 25.6. The number of thiophene rings is 1. The molecule has 0 spiro atoms. The molecule has 5 aliphatic rings. The van der Waals surface area contributed by atoms with E-state index in [4.69, 9.17) is 4.42 Å². The molecule has 5 aliphatic carbocycles. The summed E-state index contributed by atoms with van der Waals surface area (Å²) in [6, 6.07) is 29.2. The molecule has 2 heterocycles. The zero-order valence-corrected chi connectivity index (χ0v) is 32.0. The number of allylic oxidation sites excluding steroid dienone is 7. The van der Waals surface area contributed by atoms with Gasteiger partial charge in [0.2, 0.25) is 0 Å². The van der Waals surface area contributed by atoms with E-state index in [0.717, 1.165) is 24.0 Å². The predicted octanol–water partition coefficient (Wildman–Crippen LogP) is 13.9. The van der Waals surface area contributed by atoms with Crippen LogP contribution in [0.15, 0.2) is 137 Å². The fraction of sp³-hybridized carbons (Fsp3) is 0.280. The van der Waals surface area contributed by atoms with Crippen molar-refractivity contribution in [1.29, 1.82) is 0 Å². The van der Waals surface area contributed by atoms with Gasteiger partial charge in [0.05, 0.1) is 0 Å². The van der Waals surface area contributed by atoms with Crippen molar-refractivity contribution in [2.24, 2.45) is 29.1 Å². The number of benzene rings is 4. The number of anilines is 1. The molecule has 0 saturated heterocycles. The molecule has 1 fully saturated rings. The van der Waals surface area contributed by atoms with E-state index in [2.05, 4.69) is 167 Å². The maximum atomic E-state index is 6.39. The first kappa shape index (κ1) is 31.6. The summed E-state index contributed by atoms with van der Waals surface area (Å²) in [7, 11) is 0. The van der Waals surface area contributed by atoms with E-state index < -0.39 is 0 Å². The van der Waals surface area contributed by atoms with E-state index in [1.807, 2.05) is 11.3 Å². The van der Waals surface area contributed by atoms with Crippen LogP contribution in [0, 0.1) is 29.1 Å². The van der Waals surface area contributed by atoms with Crippen molar-refractivity contribution in [3.05, 3.63) is 154 Å². The topological polar surface area (TPSA) is 16.4 Å². The molecule has 262 valence electrons. The van der Waals surface area contributed by atoms with E-state index in [9.17, 15) is 0 Å². The quantitative estimate of drug-likeness (QED) is 0.181. The summed E-state index contributed by atoms with van der Waals surface area (Å²) in [5.74, 6) is 2.44. The lowest BCUT2D eigenvalue weighted by Crippen LogP contribution is -2.29. The van der Waals surface area contributed by atoms with E-state index in [1.54, 1.807) is 4.88 Å². The largest absolute Gasteiger partial charge is 0.456 e. The third kappa shape index (κ3) is 4.32. The minimum Gasteiger partial charge on any atom is -0.456 e. The minimum atomic E-state index is -0.194. The van der Waals surface area contributed by atoms with E-state index in [-0.39, 0.29) is 10.8 Å². The molecule has 2 nitrogen and oxygen atoms in total. The average molecular weight is 708 g/mol. The zero-order valence-electron chi connectivity index (χ0n) is 31.2. The smallest absolute Gasteiger partial charge is 0.135 e. The Balaban J connectivity index is 1.04. The van der Waals surface area contributed by atoms with Gasteiger partial charge in [-0.2, -0.15) is 0 Å². The van der Waals surface area contributed by atoms with Gasteiger partial charge in [-0.15, -0.1) is 11.3 Å². The Kier molecular flexibility index (Phi) is 6.62. The second-order valence-electron chi connectivity index (χ2n) is 17.2. The van der Waals surface area contributed by atoms with E-state index >= 15 is 0 Å². The first-order valence-corrected chi connectivity index (χ1v) is 20.4. The lowest BCUT2D eigenvalue weighted by Gasteiger charge is -2.37. The lowest BCUT2D eigenvalue weighted by atomic mass is 9.71. The highest BCUT2D eigenvalue weighted by Gasteiger charge is 2.55. The van der Waals surface area contributed by atoms with Crippen molar-refractivity contribution >= 4 is 55.1 Å². The maximum Gasteiger partial charge on any atom is 0.135 e. The number of hydrogen-bond acceptors (Lipinski definition) is 3. The number of fused-ring (bicyclic) bond motifs is 14. The van der Waals surface area contributed by atoms with Crippen molar-refractivity contribution in [2.75, 3.05) is 4.90 Å². The highest BCUT2D eigenvalue weighted by Crippen LogP contribution is 2.64. The molecule has 0 radical (unpaired) electrons. The van der Waals surface area contributed by atoms with E-state index in [1.165, 1.54) is 65.8 Å². The van der Waals surface area contributed by atoms with Crippen molar-refractivity contribution in [1.82, 2.24) is 0 Å². The van der Waals surface area contributed by atoms with E-state index in [0.29, 0.717) is 29.6 Å². The first-order valence-electron chi connectivity index (χ1n) is 19.6. The van der Waals surface area contributed by atoms with Crippen LogP contribution in [0.25, 0.3) is 49.2 Å². The summed E-state index contributed by atoms with van der Waals surface area (Å²) in [4.78, 5) is 4.16. The Hall–Kier alpha value is -4.86. The van der Waals surface area contributed by atoms with Gasteiger partial charge in [-0.1, -0.05) is 120 Å². The Labute approximate surface area is 316 Å². The van der Waals surface area contributed by atoms with Crippen molar-refractivity contribution in [2.45, 2.75) is 58.8 Å². The molecule has 0 N–H and O–H groups in total. The molecule has 3 heteroatoms. The monoisotopic (exact) mass is 707 g/mol. The van der Waals surface area contributed by atoms with Gasteiger partial charge in [-0.05, 0) is 118 Å². The summed E-state index contributed by atoms with van der Waals surface area (Å²) >= 11 is 2.03. The Morgan fingerprint density at radius 1 is 0.774 bits per heavy atom. The highest BCUT2D eigenvalue weighted by atomic mass is 32.1. The standard InChI is InChI=1S/C50H45NOS/c1-6-29-12-11-13-30(26-29)51(31-18-20-33-35-23-25-43-46(38-15-7-9-16-42(38)52-43)47(35)50(4,5)40(33)27-31)32-19-21-37-41(28-32)49(2,3)39-24-22-36-34-14-8-10-17-44(34)53-48(36)45(37)39/h7-11,13-29,37,39,41,45H,6,12H2,1-5H3. The van der Waals surface area contributed by atoms with Crippen LogP contribution in [0.3, 0.4) is 0 Å². The molecule has 2 aromatic heterocycles. The van der Waals surface area contributed by atoms with Crippen LogP contribution in [0.1, 0.15) is 74.9 Å². The summed E-state index contributed by atoms with van der Waals surface area (Å²) < 4.78 is 7.80. The van der Waals surface area contributed by atoms with Gasteiger partial charge in [0.1, 0.15) is 11.2 Å². The SMILES string of the molecule is CCC1C=C(N(C2=CC3C(C=C2)C2c4sc5ccccc5c4C=CC2C3(C)C)c2ccc3c(c2)C(C)(C)c2c-3ccc3oc4ccccc4c23)C=CC1. The molecular weight excluding hydrogens is 663 g/mol. The van der Waals surface area contributed by atoms with Crippen LogP contribution in [0.4, 0.5) is 5.69 Å². The molecule has 0 aliphatic heterocycles. The van der Waals surface area contributed by atoms with Crippen LogP contribution in [-0.2, 0) is 5.41 Å².